The zero-order valence-electron chi connectivity index (χ0n) is 11.5. The molecular weight excluding hydrogens is 285 g/mol. The van der Waals surface area contributed by atoms with Crippen LogP contribution >= 0.6 is 0 Å². The standard InChI is InChI=1S/C14H15F3N2O2/c1-13(2)10(8-11(20)14(15,16)17)18-12(19(13)21)9-6-4-3-5-7-9/h3-8,12,18,21H,1-2H3/b10-8+. The molecule has 1 saturated heterocycles. The fraction of sp³-hybridized carbons (Fsp3) is 0.357. The van der Waals surface area contributed by atoms with Crippen molar-refractivity contribution in [1.29, 1.82) is 0 Å². The van der Waals surface area contributed by atoms with Crippen LogP contribution in [0.25, 0.3) is 0 Å². The van der Waals surface area contributed by atoms with Gasteiger partial charge in [-0.05, 0) is 19.4 Å². The number of rotatable bonds is 2. The van der Waals surface area contributed by atoms with E-state index in [0.29, 0.717) is 11.6 Å². The number of alkyl halides is 3. The fourth-order valence-electron chi connectivity index (χ4n) is 2.12. The number of hydrogen-bond donors (Lipinski definition) is 2. The maximum absolute atomic E-state index is 12.4. The van der Waals surface area contributed by atoms with Crippen LogP contribution in [-0.4, -0.2) is 27.8 Å². The fourth-order valence-corrected chi connectivity index (χ4v) is 2.12. The molecule has 1 heterocycles. The van der Waals surface area contributed by atoms with Crippen LogP contribution < -0.4 is 5.32 Å². The summed E-state index contributed by atoms with van der Waals surface area (Å²) in [6, 6.07) is 8.74. The molecule has 7 heteroatoms. The van der Waals surface area contributed by atoms with E-state index >= 15 is 0 Å². The normalized spacial score (nSPS) is 24.1. The van der Waals surface area contributed by atoms with Crippen molar-refractivity contribution in [1.82, 2.24) is 10.4 Å². The van der Waals surface area contributed by atoms with Gasteiger partial charge in [-0.15, -0.1) is 0 Å². The molecule has 0 amide bonds. The lowest BCUT2D eigenvalue weighted by Gasteiger charge is -2.27. The van der Waals surface area contributed by atoms with Gasteiger partial charge in [-0.25, -0.2) is 0 Å². The van der Waals surface area contributed by atoms with E-state index in [-0.39, 0.29) is 5.70 Å². The van der Waals surface area contributed by atoms with E-state index in [2.05, 4.69) is 5.32 Å². The highest BCUT2D eigenvalue weighted by atomic mass is 19.4. The van der Waals surface area contributed by atoms with Crippen molar-refractivity contribution >= 4 is 5.78 Å². The van der Waals surface area contributed by atoms with Gasteiger partial charge in [0, 0.05) is 11.8 Å². The summed E-state index contributed by atoms with van der Waals surface area (Å²) in [5.41, 5.74) is -0.446. The summed E-state index contributed by atoms with van der Waals surface area (Å²) >= 11 is 0. The summed E-state index contributed by atoms with van der Waals surface area (Å²) in [4.78, 5) is 11.1. The molecule has 0 radical (unpaired) electrons. The number of benzene rings is 1. The number of halogens is 3. The maximum atomic E-state index is 12.4. The first kappa shape index (κ1) is 15.5. The van der Waals surface area contributed by atoms with Gasteiger partial charge in [0.1, 0.15) is 6.17 Å². The van der Waals surface area contributed by atoms with E-state index in [0.717, 1.165) is 5.06 Å². The number of carbonyl (C=O) groups excluding carboxylic acids is 1. The summed E-state index contributed by atoms with van der Waals surface area (Å²) in [6.07, 6.45) is -5.16. The molecule has 1 aromatic carbocycles. The molecule has 0 bridgehead atoms. The Morgan fingerprint density at radius 1 is 1.33 bits per heavy atom. The van der Waals surface area contributed by atoms with E-state index < -0.39 is 23.7 Å². The van der Waals surface area contributed by atoms with E-state index in [4.69, 9.17) is 0 Å². The summed E-state index contributed by atoms with van der Waals surface area (Å²) in [7, 11) is 0. The van der Waals surface area contributed by atoms with Crippen molar-refractivity contribution in [3.05, 3.63) is 47.7 Å². The van der Waals surface area contributed by atoms with Crippen LogP contribution in [-0.2, 0) is 4.79 Å². The zero-order chi connectivity index (χ0) is 15.8. The van der Waals surface area contributed by atoms with Gasteiger partial charge in [-0.3, -0.25) is 4.79 Å². The van der Waals surface area contributed by atoms with Gasteiger partial charge in [-0.2, -0.15) is 18.2 Å². The number of hydrogen-bond acceptors (Lipinski definition) is 4. The molecule has 0 aromatic heterocycles. The Morgan fingerprint density at radius 3 is 2.43 bits per heavy atom. The summed E-state index contributed by atoms with van der Waals surface area (Å²) < 4.78 is 37.1. The first-order valence-corrected chi connectivity index (χ1v) is 6.27. The predicted molar refractivity (Wildman–Crippen MR) is 69.2 cm³/mol. The number of ketones is 1. The molecule has 0 spiro atoms. The van der Waals surface area contributed by atoms with Crippen LogP contribution in [0, 0.1) is 0 Å². The second kappa shape index (κ2) is 5.16. The van der Waals surface area contributed by atoms with Gasteiger partial charge < -0.3 is 10.5 Å². The smallest absolute Gasteiger partial charge is 0.366 e. The molecule has 0 aliphatic carbocycles. The Labute approximate surface area is 119 Å². The molecule has 0 saturated carbocycles. The Balaban J connectivity index is 2.34. The predicted octanol–water partition coefficient (Wildman–Crippen LogP) is 2.77. The van der Waals surface area contributed by atoms with Gasteiger partial charge in [0.05, 0.1) is 5.54 Å². The molecule has 1 atom stereocenters. The molecule has 1 aliphatic rings. The highest BCUT2D eigenvalue weighted by Gasteiger charge is 2.46. The van der Waals surface area contributed by atoms with E-state index in [1.165, 1.54) is 13.8 Å². The third-order valence-electron chi connectivity index (χ3n) is 3.44. The molecule has 1 unspecified atom stereocenters. The van der Waals surface area contributed by atoms with Crippen molar-refractivity contribution < 1.29 is 23.2 Å². The molecule has 1 fully saturated rings. The van der Waals surface area contributed by atoms with E-state index in [1.54, 1.807) is 30.3 Å². The van der Waals surface area contributed by atoms with Crippen molar-refractivity contribution in [2.75, 3.05) is 0 Å². The lowest BCUT2D eigenvalue weighted by Crippen LogP contribution is -2.38. The third-order valence-corrected chi connectivity index (χ3v) is 3.44. The summed E-state index contributed by atoms with van der Waals surface area (Å²) in [5.74, 6) is -1.96. The summed E-state index contributed by atoms with van der Waals surface area (Å²) in [5, 5.41) is 13.9. The quantitative estimate of drug-likeness (QED) is 0.825. The van der Waals surface area contributed by atoms with Gasteiger partial charge in [0.2, 0.25) is 0 Å². The molecule has 1 aliphatic heterocycles. The number of nitrogens with one attached hydrogen (secondary N) is 1. The molecule has 114 valence electrons. The highest BCUT2D eigenvalue weighted by molar-refractivity contribution is 5.95. The van der Waals surface area contributed by atoms with E-state index in [9.17, 15) is 23.2 Å². The number of carbonyl (C=O) groups is 1. The molecule has 2 rings (SSSR count). The van der Waals surface area contributed by atoms with Gasteiger partial charge >= 0.3 is 6.18 Å². The molecule has 21 heavy (non-hydrogen) atoms. The Hall–Kier alpha value is -1.86. The third kappa shape index (κ3) is 2.93. The minimum absolute atomic E-state index is 0.0150. The van der Waals surface area contributed by atoms with Gasteiger partial charge in [-0.1, -0.05) is 30.3 Å². The van der Waals surface area contributed by atoms with Gasteiger partial charge in [0.15, 0.2) is 0 Å². The Bertz CT molecular complexity index is 567. The summed E-state index contributed by atoms with van der Waals surface area (Å²) in [6.45, 7) is 3.05. The second-order valence-electron chi connectivity index (χ2n) is 5.28. The van der Waals surface area contributed by atoms with Crippen LogP contribution in [0.15, 0.2) is 42.1 Å². The maximum Gasteiger partial charge on any atom is 0.454 e. The van der Waals surface area contributed by atoms with Crippen LogP contribution in [0.4, 0.5) is 13.2 Å². The van der Waals surface area contributed by atoms with Crippen LogP contribution in [0.2, 0.25) is 0 Å². The largest absolute Gasteiger partial charge is 0.454 e. The monoisotopic (exact) mass is 300 g/mol. The van der Waals surface area contributed by atoms with Crippen molar-refractivity contribution in [2.24, 2.45) is 0 Å². The van der Waals surface area contributed by atoms with Crippen LogP contribution in [0.1, 0.15) is 25.6 Å². The molecular formula is C14H15F3N2O2. The first-order valence-electron chi connectivity index (χ1n) is 6.27. The minimum Gasteiger partial charge on any atom is -0.366 e. The lowest BCUT2D eigenvalue weighted by molar-refractivity contribution is -0.166. The Morgan fingerprint density at radius 2 is 1.90 bits per heavy atom. The topological polar surface area (TPSA) is 52.6 Å². The molecule has 4 nitrogen and oxygen atoms in total. The van der Waals surface area contributed by atoms with Crippen molar-refractivity contribution in [3.8, 4) is 0 Å². The number of hydroxylamine groups is 2. The second-order valence-corrected chi connectivity index (χ2v) is 5.28. The van der Waals surface area contributed by atoms with E-state index in [1.807, 2.05) is 0 Å². The number of allylic oxidation sites excluding steroid dienone is 1. The zero-order valence-corrected chi connectivity index (χ0v) is 11.5. The Kier molecular flexibility index (Phi) is 3.81. The highest BCUT2D eigenvalue weighted by Crippen LogP contribution is 2.37. The van der Waals surface area contributed by atoms with Crippen LogP contribution in [0.3, 0.4) is 0 Å². The average Bonchev–Trinajstić information content (AvgIpc) is 2.62. The van der Waals surface area contributed by atoms with Crippen molar-refractivity contribution in [2.45, 2.75) is 31.7 Å². The number of nitrogens with zero attached hydrogens (tertiary/aromatic N) is 1. The minimum atomic E-state index is -4.93. The van der Waals surface area contributed by atoms with Crippen LogP contribution in [0.5, 0.6) is 0 Å². The lowest BCUT2D eigenvalue weighted by atomic mass is 10.0. The SMILES string of the molecule is CC1(C)/C(=C\C(=O)C(F)(F)F)NC(c2ccccc2)N1O. The molecule has 1 aromatic rings. The first-order chi connectivity index (χ1) is 9.64. The average molecular weight is 300 g/mol. The van der Waals surface area contributed by atoms with Crippen molar-refractivity contribution in [3.63, 3.8) is 0 Å². The molecule has 2 N–H and O–H groups in total. The van der Waals surface area contributed by atoms with Gasteiger partial charge in [0.25, 0.3) is 5.78 Å².